The molecule has 2 fully saturated rings. The van der Waals surface area contributed by atoms with Crippen molar-refractivity contribution in [2.24, 2.45) is 0 Å². The Hall–Kier alpha value is -2.85. The number of nitrogens with one attached hydrogen (secondary N) is 1. The molecule has 3 unspecified atom stereocenters. The lowest BCUT2D eigenvalue weighted by molar-refractivity contribution is -0.147. The minimum Gasteiger partial charge on any atom is -0.489 e. The molecular weight excluding hydrogens is 523 g/mol. The van der Waals surface area contributed by atoms with Crippen LogP contribution >= 0.6 is 23.2 Å². The Morgan fingerprint density at radius 2 is 1.65 bits per heavy atom. The number of aliphatic carboxylic acids is 1. The van der Waals surface area contributed by atoms with Crippen molar-refractivity contribution >= 4 is 41.0 Å². The standard InChI is InChI=1S/C26H28Cl2N2O7/c27-19-5-4-6-20(28)18(19)14-35-17-9-7-16(8-10-17)13-21(26(33)34)29-24(31)22-23(37-15-36-22)25(32)30-11-2-1-3-12-30/h4-10,21-23H,1-3,11-15H2,(H,29,31)(H,33,34). The Morgan fingerprint density at radius 3 is 2.30 bits per heavy atom. The van der Waals surface area contributed by atoms with E-state index in [4.69, 9.17) is 37.4 Å². The van der Waals surface area contributed by atoms with Gasteiger partial charge in [-0.25, -0.2) is 4.79 Å². The summed E-state index contributed by atoms with van der Waals surface area (Å²) in [5, 5.41) is 13.2. The number of nitrogens with zero attached hydrogens (tertiary/aromatic N) is 1. The van der Waals surface area contributed by atoms with Crippen LogP contribution in [0.15, 0.2) is 42.5 Å². The lowest BCUT2D eigenvalue weighted by atomic mass is 10.0. The van der Waals surface area contributed by atoms with Crippen molar-refractivity contribution in [1.29, 1.82) is 0 Å². The molecule has 2 amide bonds. The fourth-order valence-corrected chi connectivity index (χ4v) is 4.81. The first-order valence-corrected chi connectivity index (χ1v) is 12.8. The van der Waals surface area contributed by atoms with Gasteiger partial charge in [0.15, 0.2) is 12.2 Å². The van der Waals surface area contributed by atoms with E-state index in [1.165, 1.54) is 0 Å². The average molecular weight is 551 g/mol. The van der Waals surface area contributed by atoms with Gasteiger partial charge in [-0.2, -0.15) is 0 Å². The molecule has 0 aromatic heterocycles. The zero-order valence-electron chi connectivity index (χ0n) is 20.0. The van der Waals surface area contributed by atoms with Gasteiger partial charge in [0.2, 0.25) is 0 Å². The molecule has 3 atom stereocenters. The van der Waals surface area contributed by atoms with Crippen LogP contribution in [0.4, 0.5) is 0 Å². The largest absolute Gasteiger partial charge is 0.489 e. The quantitative estimate of drug-likeness (QED) is 0.491. The Kier molecular flexibility index (Phi) is 9.26. The molecule has 9 nitrogen and oxygen atoms in total. The molecule has 2 heterocycles. The third kappa shape index (κ3) is 6.93. The molecule has 0 aliphatic carbocycles. The van der Waals surface area contributed by atoms with Crippen LogP contribution in [-0.4, -0.2) is 65.9 Å². The third-order valence-corrected chi connectivity index (χ3v) is 7.07. The van der Waals surface area contributed by atoms with E-state index in [9.17, 15) is 19.5 Å². The van der Waals surface area contributed by atoms with Crippen LogP contribution < -0.4 is 10.1 Å². The number of hydrogen-bond acceptors (Lipinski definition) is 6. The van der Waals surface area contributed by atoms with Crippen LogP contribution in [0.2, 0.25) is 10.0 Å². The molecule has 2 N–H and O–H groups in total. The van der Waals surface area contributed by atoms with Crippen molar-refractivity contribution < 1.29 is 33.7 Å². The highest BCUT2D eigenvalue weighted by Gasteiger charge is 2.43. The number of benzene rings is 2. The molecular formula is C26H28Cl2N2O7. The van der Waals surface area contributed by atoms with Crippen LogP contribution in [0.25, 0.3) is 0 Å². The van der Waals surface area contributed by atoms with E-state index in [2.05, 4.69) is 5.32 Å². The molecule has 11 heteroatoms. The highest BCUT2D eigenvalue weighted by molar-refractivity contribution is 6.35. The van der Waals surface area contributed by atoms with Gasteiger partial charge < -0.3 is 29.5 Å². The van der Waals surface area contributed by atoms with Crippen LogP contribution in [0.1, 0.15) is 30.4 Å². The zero-order valence-corrected chi connectivity index (χ0v) is 21.5. The summed E-state index contributed by atoms with van der Waals surface area (Å²) in [5.41, 5.74) is 1.33. The predicted octanol–water partition coefficient (Wildman–Crippen LogP) is 3.44. The zero-order chi connectivity index (χ0) is 26.4. The molecule has 2 aromatic rings. The highest BCUT2D eigenvalue weighted by atomic mass is 35.5. The van der Waals surface area contributed by atoms with E-state index >= 15 is 0 Å². The van der Waals surface area contributed by atoms with E-state index in [-0.39, 0.29) is 25.7 Å². The van der Waals surface area contributed by atoms with Crippen molar-refractivity contribution in [3.05, 3.63) is 63.6 Å². The molecule has 4 rings (SSSR count). The molecule has 2 aliphatic rings. The molecule has 2 aliphatic heterocycles. The van der Waals surface area contributed by atoms with E-state index in [1.807, 2.05) is 0 Å². The molecule has 0 radical (unpaired) electrons. The molecule has 0 bridgehead atoms. The molecule has 0 saturated carbocycles. The maximum Gasteiger partial charge on any atom is 0.326 e. The van der Waals surface area contributed by atoms with Crippen molar-refractivity contribution in [1.82, 2.24) is 10.2 Å². The fraction of sp³-hybridized carbons (Fsp3) is 0.423. The summed E-state index contributed by atoms with van der Waals surface area (Å²) in [6.07, 6.45) is 0.581. The smallest absolute Gasteiger partial charge is 0.326 e. The van der Waals surface area contributed by atoms with Crippen molar-refractivity contribution in [2.75, 3.05) is 19.9 Å². The van der Waals surface area contributed by atoms with Gasteiger partial charge in [-0.1, -0.05) is 41.4 Å². The second-order valence-electron chi connectivity index (χ2n) is 8.91. The van der Waals surface area contributed by atoms with Gasteiger partial charge in [-0.3, -0.25) is 9.59 Å². The Labute approximate surface area is 224 Å². The fourth-order valence-electron chi connectivity index (χ4n) is 4.31. The van der Waals surface area contributed by atoms with Crippen LogP contribution in [0.3, 0.4) is 0 Å². The number of rotatable bonds is 9. The number of piperidine rings is 1. The normalized spacial score (nSPS) is 20.3. The summed E-state index contributed by atoms with van der Waals surface area (Å²) >= 11 is 12.3. The summed E-state index contributed by atoms with van der Waals surface area (Å²) in [6, 6.07) is 10.8. The van der Waals surface area contributed by atoms with E-state index in [1.54, 1.807) is 47.4 Å². The van der Waals surface area contributed by atoms with E-state index in [0.717, 1.165) is 19.3 Å². The van der Waals surface area contributed by atoms with Crippen LogP contribution in [0.5, 0.6) is 5.75 Å². The number of ether oxygens (including phenoxy) is 3. The van der Waals surface area contributed by atoms with Crippen molar-refractivity contribution in [3.8, 4) is 5.75 Å². The van der Waals surface area contributed by atoms with Crippen LogP contribution in [0, 0.1) is 0 Å². The topological polar surface area (TPSA) is 114 Å². The first kappa shape index (κ1) is 27.2. The Bertz CT molecular complexity index is 1100. The number of hydrogen-bond donors (Lipinski definition) is 2. The maximum absolute atomic E-state index is 12.9. The molecule has 0 spiro atoms. The van der Waals surface area contributed by atoms with Gasteiger partial charge in [0.1, 0.15) is 25.2 Å². The molecule has 2 aromatic carbocycles. The van der Waals surface area contributed by atoms with Gasteiger partial charge in [-0.05, 0) is 49.1 Å². The van der Waals surface area contributed by atoms with Gasteiger partial charge in [-0.15, -0.1) is 0 Å². The molecule has 37 heavy (non-hydrogen) atoms. The minimum absolute atomic E-state index is 0.0238. The van der Waals surface area contributed by atoms with Gasteiger partial charge >= 0.3 is 5.97 Å². The molecule has 2 saturated heterocycles. The number of carbonyl (C=O) groups is 3. The van der Waals surface area contributed by atoms with Crippen molar-refractivity contribution in [2.45, 2.75) is 50.5 Å². The SMILES string of the molecule is O=C(O)C(Cc1ccc(OCc2c(Cl)cccc2Cl)cc1)NC(=O)C1OCOC1C(=O)N1CCCCC1. The monoisotopic (exact) mass is 550 g/mol. The second-order valence-corrected chi connectivity index (χ2v) is 9.73. The molecule has 198 valence electrons. The summed E-state index contributed by atoms with van der Waals surface area (Å²) in [6.45, 7) is 1.18. The maximum atomic E-state index is 12.9. The number of halogens is 2. The number of carbonyl (C=O) groups excluding carboxylic acids is 2. The van der Waals surface area contributed by atoms with E-state index < -0.39 is 30.1 Å². The Balaban J connectivity index is 1.34. The highest BCUT2D eigenvalue weighted by Crippen LogP contribution is 2.26. The summed E-state index contributed by atoms with van der Waals surface area (Å²) < 4.78 is 16.5. The third-order valence-electron chi connectivity index (χ3n) is 6.36. The number of carboxylic acids is 1. The van der Waals surface area contributed by atoms with Crippen LogP contribution in [-0.2, 0) is 36.9 Å². The first-order valence-electron chi connectivity index (χ1n) is 12.0. The lowest BCUT2D eigenvalue weighted by Crippen LogP contribution is -2.53. The van der Waals surface area contributed by atoms with E-state index in [0.29, 0.717) is 40.0 Å². The average Bonchev–Trinajstić information content (AvgIpc) is 3.39. The second kappa shape index (κ2) is 12.6. The lowest BCUT2D eigenvalue weighted by Gasteiger charge is -2.29. The predicted molar refractivity (Wildman–Crippen MR) is 136 cm³/mol. The van der Waals surface area contributed by atoms with Gasteiger partial charge in [0, 0.05) is 35.1 Å². The minimum atomic E-state index is -1.23. The summed E-state index contributed by atoms with van der Waals surface area (Å²) in [5.74, 6) is -1.67. The van der Waals surface area contributed by atoms with Gasteiger partial charge in [0.25, 0.3) is 11.8 Å². The van der Waals surface area contributed by atoms with Crippen molar-refractivity contribution in [3.63, 3.8) is 0 Å². The number of amides is 2. The summed E-state index contributed by atoms with van der Waals surface area (Å²) in [4.78, 5) is 39.3. The number of carboxylic acid groups (broad SMARTS) is 1. The Morgan fingerprint density at radius 1 is 1.00 bits per heavy atom. The number of likely N-dealkylation sites (tertiary alicyclic amines) is 1. The van der Waals surface area contributed by atoms with Gasteiger partial charge in [0.05, 0.1) is 0 Å². The first-order chi connectivity index (χ1) is 17.8. The summed E-state index contributed by atoms with van der Waals surface area (Å²) in [7, 11) is 0.